The molecule has 0 fully saturated rings. The number of nitrogens with one attached hydrogen (secondary N) is 1. The fraction of sp³-hybridized carbons (Fsp3) is 0.300. The lowest BCUT2D eigenvalue weighted by Gasteiger charge is -2.32. The first-order valence-corrected chi connectivity index (χ1v) is 8.66. The number of rotatable bonds is 1. The molecule has 0 atom stereocenters. The summed E-state index contributed by atoms with van der Waals surface area (Å²) in [5, 5.41) is 9.27. The van der Waals surface area contributed by atoms with Crippen molar-refractivity contribution < 1.29 is 4.42 Å². The van der Waals surface area contributed by atoms with Crippen LogP contribution in [-0.4, -0.2) is 15.2 Å². The van der Waals surface area contributed by atoms with Gasteiger partial charge in [-0.3, -0.25) is 5.10 Å². The van der Waals surface area contributed by atoms with E-state index in [-0.39, 0.29) is 5.41 Å². The quantitative estimate of drug-likeness (QED) is 0.539. The van der Waals surface area contributed by atoms with Crippen molar-refractivity contribution in [2.24, 2.45) is 5.41 Å². The van der Waals surface area contributed by atoms with Crippen LogP contribution in [0.3, 0.4) is 0 Å². The monoisotopic (exact) mass is 332 g/mol. The van der Waals surface area contributed by atoms with Gasteiger partial charge in [0.25, 0.3) is 0 Å². The zero-order valence-electron chi connectivity index (χ0n) is 14.4. The lowest BCUT2D eigenvalue weighted by Crippen LogP contribution is -2.23. The molecule has 25 heavy (non-hydrogen) atoms. The number of furan rings is 1. The Hall–Kier alpha value is -2.82. The Balaban J connectivity index is 1.81. The van der Waals surface area contributed by atoms with Crippen LogP contribution >= 0.6 is 0 Å². The van der Waals surface area contributed by atoms with E-state index < -0.39 is 0 Å². The van der Waals surface area contributed by atoms with E-state index in [0.717, 1.165) is 47.1 Å². The summed E-state index contributed by atoms with van der Waals surface area (Å²) >= 11 is 0. The first kappa shape index (κ1) is 14.5. The van der Waals surface area contributed by atoms with Gasteiger partial charge >= 0.3 is 0 Å². The van der Waals surface area contributed by atoms with E-state index in [1.54, 1.807) is 0 Å². The van der Waals surface area contributed by atoms with Crippen LogP contribution in [0, 0.1) is 5.41 Å². The topological polar surface area (TPSA) is 80.7 Å². The Morgan fingerprint density at radius 2 is 2.04 bits per heavy atom. The second-order valence-electron chi connectivity index (χ2n) is 7.74. The molecule has 5 rings (SSSR count). The van der Waals surface area contributed by atoms with Crippen LogP contribution < -0.4 is 5.73 Å². The Morgan fingerprint density at radius 1 is 1.20 bits per heavy atom. The third-order valence-corrected chi connectivity index (χ3v) is 5.31. The van der Waals surface area contributed by atoms with Crippen LogP contribution in [0.1, 0.15) is 31.4 Å². The standard InChI is InChI=1S/C20H20N4O/c1-20(2)8-7-12-13(10-20)16-18(21)23-24-19(16)22-17(12)15-9-11-5-3-4-6-14(11)25-15/h3-6,9H,7-8,10H2,1-2H3,(H3,21,22,23,24). The summed E-state index contributed by atoms with van der Waals surface area (Å²) in [6, 6.07) is 10.1. The molecule has 0 aliphatic heterocycles. The lowest BCUT2D eigenvalue weighted by atomic mass is 9.73. The van der Waals surface area contributed by atoms with Gasteiger partial charge < -0.3 is 10.2 Å². The molecule has 5 nitrogen and oxygen atoms in total. The summed E-state index contributed by atoms with van der Waals surface area (Å²) < 4.78 is 6.10. The summed E-state index contributed by atoms with van der Waals surface area (Å²) in [5.74, 6) is 1.41. The van der Waals surface area contributed by atoms with Gasteiger partial charge in [0.1, 0.15) is 17.1 Å². The first-order valence-electron chi connectivity index (χ1n) is 8.66. The maximum Gasteiger partial charge on any atom is 0.184 e. The highest BCUT2D eigenvalue weighted by Crippen LogP contribution is 2.43. The number of nitrogens with two attached hydrogens (primary N) is 1. The summed E-state index contributed by atoms with van der Waals surface area (Å²) in [6.45, 7) is 4.61. The molecule has 0 bridgehead atoms. The Morgan fingerprint density at radius 3 is 2.88 bits per heavy atom. The van der Waals surface area contributed by atoms with Gasteiger partial charge in [0.05, 0.1) is 5.39 Å². The smallest absolute Gasteiger partial charge is 0.184 e. The van der Waals surface area contributed by atoms with Crippen LogP contribution in [-0.2, 0) is 12.8 Å². The first-order chi connectivity index (χ1) is 12.0. The number of anilines is 1. The van der Waals surface area contributed by atoms with Crippen LogP contribution in [0.15, 0.2) is 34.7 Å². The number of hydrogen-bond acceptors (Lipinski definition) is 4. The number of aromatic nitrogens is 3. The van der Waals surface area contributed by atoms with Crippen molar-refractivity contribution in [3.63, 3.8) is 0 Å². The molecular formula is C20H20N4O. The van der Waals surface area contributed by atoms with Crippen molar-refractivity contribution in [2.45, 2.75) is 33.1 Å². The molecule has 1 aliphatic rings. The predicted octanol–water partition coefficient (Wildman–Crippen LogP) is 4.47. The van der Waals surface area contributed by atoms with Gasteiger partial charge in [0.2, 0.25) is 0 Å². The molecule has 1 aromatic carbocycles. The normalized spacial score (nSPS) is 16.4. The van der Waals surface area contributed by atoms with E-state index in [4.69, 9.17) is 15.1 Å². The Bertz CT molecular complexity index is 1090. The molecule has 0 unspecified atom stereocenters. The van der Waals surface area contributed by atoms with E-state index in [1.807, 2.05) is 18.2 Å². The molecular weight excluding hydrogens is 312 g/mol. The van der Waals surface area contributed by atoms with Crippen molar-refractivity contribution >= 4 is 27.8 Å². The molecule has 1 aliphatic carbocycles. The molecule has 3 aromatic heterocycles. The van der Waals surface area contributed by atoms with Crippen LogP contribution in [0.2, 0.25) is 0 Å². The van der Waals surface area contributed by atoms with Gasteiger partial charge in [0.15, 0.2) is 11.4 Å². The van der Waals surface area contributed by atoms with Gasteiger partial charge in [0, 0.05) is 5.39 Å². The highest BCUT2D eigenvalue weighted by molar-refractivity contribution is 5.93. The van der Waals surface area contributed by atoms with Gasteiger partial charge in [-0.2, -0.15) is 5.10 Å². The summed E-state index contributed by atoms with van der Waals surface area (Å²) in [6.07, 6.45) is 3.07. The SMILES string of the molecule is CC1(C)CCc2c(-c3cc4ccccc4o3)nc3n[nH]c(N)c3c2C1. The van der Waals surface area contributed by atoms with Crippen LogP contribution in [0.5, 0.6) is 0 Å². The average molecular weight is 332 g/mol. The van der Waals surface area contributed by atoms with E-state index in [0.29, 0.717) is 11.5 Å². The van der Waals surface area contributed by atoms with Crippen molar-refractivity contribution in [3.8, 4) is 11.5 Å². The van der Waals surface area contributed by atoms with Gasteiger partial charge in [-0.15, -0.1) is 0 Å². The van der Waals surface area contributed by atoms with E-state index in [9.17, 15) is 0 Å². The van der Waals surface area contributed by atoms with Gasteiger partial charge in [-0.25, -0.2) is 4.98 Å². The summed E-state index contributed by atoms with van der Waals surface area (Å²) in [7, 11) is 0. The van der Waals surface area contributed by atoms with Crippen molar-refractivity contribution in [3.05, 3.63) is 41.5 Å². The number of para-hydroxylation sites is 1. The molecule has 0 saturated carbocycles. The Kier molecular flexibility index (Phi) is 2.82. The lowest BCUT2D eigenvalue weighted by molar-refractivity contribution is 0.316. The number of pyridine rings is 1. The second-order valence-corrected chi connectivity index (χ2v) is 7.74. The van der Waals surface area contributed by atoms with Crippen molar-refractivity contribution in [1.29, 1.82) is 0 Å². The molecule has 3 N–H and O–H groups in total. The predicted molar refractivity (Wildman–Crippen MR) is 99.3 cm³/mol. The van der Waals surface area contributed by atoms with Crippen molar-refractivity contribution in [2.75, 3.05) is 5.73 Å². The fourth-order valence-electron chi connectivity index (χ4n) is 3.99. The number of H-pyrrole nitrogens is 1. The number of nitrogen functional groups attached to an aromatic ring is 1. The van der Waals surface area contributed by atoms with Crippen LogP contribution in [0.4, 0.5) is 5.82 Å². The average Bonchev–Trinajstić information content (AvgIpc) is 3.17. The zero-order chi connectivity index (χ0) is 17.2. The minimum atomic E-state index is 0.246. The molecule has 5 heteroatoms. The van der Waals surface area contributed by atoms with E-state index >= 15 is 0 Å². The number of hydrogen-bond donors (Lipinski definition) is 2. The maximum atomic E-state index is 6.16. The summed E-state index contributed by atoms with van der Waals surface area (Å²) in [5.41, 5.74) is 11.4. The van der Waals surface area contributed by atoms with Crippen molar-refractivity contribution in [1.82, 2.24) is 15.2 Å². The Labute approximate surface area is 145 Å². The molecule has 0 radical (unpaired) electrons. The number of aromatic amines is 1. The zero-order valence-corrected chi connectivity index (χ0v) is 14.4. The molecule has 0 saturated heterocycles. The molecule has 126 valence electrons. The maximum absolute atomic E-state index is 6.16. The molecule has 4 aromatic rings. The largest absolute Gasteiger partial charge is 0.454 e. The molecule has 0 amide bonds. The highest BCUT2D eigenvalue weighted by atomic mass is 16.3. The number of fused-ring (bicyclic) bond motifs is 4. The minimum absolute atomic E-state index is 0.246. The second kappa shape index (κ2) is 4.85. The van der Waals surface area contributed by atoms with E-state index in [2.05, 4.69) is 36.2 Å². The summed E-state index contributed by atoms with van der Waals surface area (Å²) in [4.78, 5) is 4.81. The molecule has 0 spiro atoms. The third-order valence-electron chi connectivity index (χ3n) is 5.31. The molecule has 3 heterocycles. The highest BCUT2D eigenvalue weighted by Gasteiger charge is 2.31. The third kappa shape index (κ3) is 2.15. The van der Waals surface area contributed by atoms with E-state index in [1.165, 1.54) is 11.1 Å². The fourth-order valence-corrected chi connectivity index (χ4v) is 3.99. The number of benzene rings is 1. The number of nitrogens with zero attached hydrogens (tertiary/aromatic N) is 2. The van der Waals surface area contributed by atoms with Gasteiger partial charge in [-0.1, -0.05) is 32.0 Å². The van der Waals surface area contributed by atoms with Crippen LogP contribution in [0.25, 0.3) is 33.5 Å². The minimum Gasteiger partial charge on any atom is -0.454 e. The van der Waals surface area contributed by atoms with Gasteiger partial charge in [-0.05, 0) is 47.9 Å².